The molecule has 0 bridgehead atoms. The van der Waals surface area contributed by atoms with E-state index in [1.54, 1.807) is 36.4 Å². The van der Waals surface area contributed by atoms with Crippen molar-refractivity contribution in [3.8, 4) is 76.0 Å². The van der Waals surface area contributed by atoms with Crippen molar-refractivity contribution in [3.63, 3.8) is 0 Å². The summed E-state index contributed by atoms with van der Waals surface area (Å²) >= 11 is 0. The molecule has 0 fully saturated rings. The fourth-order valence-electron chi connectivity index (χ4n) is 7.54. The number of nitrogens with zero attached hydrogens (tertiary/aromatic N) is 4. The maximum Gasteiger partial charge on any atom is 0.204 e. The second-order valence-electron chi connectivity index (χ2n) is 16.9. The number of hydrogen-bond donors (Lipinski definition) is 0. The van der Waals surface area contributed by atoms with Gasteiger partial charge in [0.25, 0.3) is 0 Å². The minimum atomic E-state index is -0.296. The van der Waals surface area contributed by atoms with Crippen molar-refractivity contribution >= 4 is 5.69 Å². The van der Waals surface area contributed by atoms with Gasteiger partial charge in [0.2, 0.25) is 5.69 Å². The molecule has 8 rings (SSSR count). The van der Waals surface area contributed by atoms with Gasteiger partial charge in [-0.3, -0.25) is 0 Å². The Morgan fingerprint density at radius 3 is 0.956 bits per heavy atom. The SMILES string of the molecule is [C-]#[N+]c1ccc(Oc2ccc(C(C)(C)c3ccc(Oc4ccc(C#Cc5ccc(Oc6ccc(C(C)(C)c7ccc(Oc8ccc(C#N)c(C#N)c8)cc7)cc6)cc5)cc4)cc3)cc2)cc1C#N. The van der Waals surface area contributed by atoms with Crippen LogP contribution in [0.4, 0.5) is 5.69 Å². The molecule has 0 aliphatic carbocycles. The van der Waals surface area contributed by atoms with Crippen molar-refractivity contribution in [2.24, 2.45) is 0 Å². The van der Waals surface area contributed by atoms with Crippen LogP contribution in [0.25, 0.3) is 4.85 Å². The van der Waals surface area contributed by atoms with Gasteiger partial charge in [0.15, 0.2) is 0 Å². The number of nitriles is 3. The molecule has 0 saturated carbocycles. The van der Waals surface area contributed by atoms with E-state index in [1.807, 2.05) is 140 Å². The first-order chi connectivity index (χ1) is 32.9. The average Bonchev–Trinajstić information content (AvgIpc) is 3.37. The van der Waals surface area contributed by atoms with E-state index < -0.39 is 0 Å². The monoisotopic (exact) mass is 882 g/mol. The number of rotatable bonds is 12. The van der Waals surface area contributed by atoms with Crippen molar-refractivity contribution in [2.45, 2.75) is 38.5 Å². The van der Waals surface area contributed by atoms with Crippen LogP contribution in [-0.2, 0) is 10.8 Å². The summed E-state index contributed by atoms with van der Waals surface area (Å²) in [6, 6.07) is 63.2. The van der Waals surface area contributed by atoms with Gasteiger partial charge in [0.1, 0.15) is 58.1 Å². The summed E-state index contributed by atoms with van der Waals surface area (Å²) in [4.78, 5) is 3.38. The molecule has 0 atom stereocenters. The van der Waals surface area contributed by atoms with Gasteiger partial charge >= 0.3 is 0 Å². The molecule has 8 heteroatoms. The van der Waals surface area contributed by atoms with E-state index in [0.29, 0.717) is 45.7 Å². The van der Waals surface area contributed by atoms with Crippen LogP contribution in [0.3, 0.4) is 0 Å². The lowest BCUT2D eigenvalue weighted by atomic mass is 9.78. The molecular formula is C60H42N4O4. The van der Waals surface area contributed by atoms with E-state index in [-0.39, 0.29) is 22.0 Å². The minimum Gasteiger partial charge on any atom is -0.457 e. The molecular weight excluding hydrogens is 841 g/mol. The zero-order chi connectivity index (χ0) is 47.7. The maximum atomic E-state index is 9.35. The van der Waals surface area contributed by atoms with E-state index in [0.717, 1.165) is 44.9 Å². The van der Waals surface area contributed by atoms with Gasteiger partial charge < -0.3 is 18.9 Å². The molecule has 0 radical (unpaired) electrons. The summed E-state index contributed by atoms with van der Waals surface area (Å²) in [6.07, 6.45) is 0. The predicted octanol–water partition coefficient (Wildman–Crippen LogP) is 15.1. The Morgan fingerprint density at radius 1 is 0.353 bits per heavy atom. The van der Waals surface area contributed by atoms with Gasteiger partial charge in [-0.05, 0) is 150 Å². The lowest BCUT2D eigenvalue weighted by Crippen LogP contribution is -2.18. The highest BCUT2D eigenvalue weighted by Gasteiger charge is 2.25. The van der Waals surface area contributed by atoms with E-state index in [4.69, 9.17) is 25.5 Å². The fraction of sp³-hybridized carbons (Fsp3) is 0.100. The normalized spacial score (nSPS) is 10.8. The van der Waals surface area contributed by atoms with Crippen LogP contribution in [0.1, 0.15) is 77.8 Å². The Balaban J connectivity index is 0.819. The highest BCUT2D eigenvalue weighted by molar-refractivity contribution is 5.61. The second-order valence-corrected chi connectivity index (χ2v) is 16.9. The Kier molecular flexibility index (Phi) is 13.1. The summed E-state index contributed by atoms with van der Waals surface area (Å²) in [7, 11) is 0. The van der Waals surface area contributed by atoms with Crippen LogP contribution < -0.4 is 18.9 Å². The Morgan fingerprint density at radius 2 is 0.632 bits per heavy atom. The molecule has 0 aliphatic heterocycles. The summed E-state index contributed by atoms with van der Waals surface area (Å²) in [5.41, 5.74) is 6.78. The van der Waals surface area contributed by atoms with Crippen molar-refractivity contribution in [3.05, 3.63) is 243 Å². The number of hydrogen-bond acceptors (Lipinski definition) is 7. The second kappa shape index (κ2) is 19.7. The predicted molar refractivity (Wildman–Crippen MR) is 262 cm³/mol. The van der Waals surface area contributed by atoms with Crippen LogP contribution in [0.2, 0.25) is 0 Å². The molecule has 0 heterocycles. The van der Waals surface area contributed by atoms with Crippen molar-refractivity contribution in [2.75, 3.05) is 0 Å². The van der Waals surface area contributed by atoms with Gasteiger partial charge in [-0.25, -0.2) is 4.85 Å². The molecule has 0 amide bonds. The quantitative estimate of drug-likeness (QED) is 0.0887. The summed E-state index contributed by atoms with van der Waals surface area (Å²) < 4.78 is 24.3. The Labute approximate surface area is 396 Å². The minimum absolute atomic E-state index is 0.278. The zero-order valence-corrected chi connectivity index (χ0v) is 37.7. The number of benzene rings is 8. The third kappa shape index (κ3) is 10.4. The third-order valence-corrected chi connectivity index (χ3v) is 11.7. The molecule has 8 nitrogen and oxygen atoms in total. The third-order valence-electron chi connectivity index (χ3n) is 11.7. The molecule has 8 aromatic rings. The molecule has 68 heavy (non-hydrogen) atoms. The van der Waals surface area contributed by atoms with Crippen molar-refractivity contribution < 1.29 is 18.9 Å². The molecule has 0 aliphatic rings. The van der Waals surface area contributed by atoms with Crippen molar-refractivity contribution in [1.82, 2.24) is 0 Å². The smallest absolute Gasteiger partial charge is 0.204 e. The largest absolute Gasteiger partial charge is 0.457 e. The first-order valence-electron chi connectivity index (χ1n) is 21.7. The lowest BCUT2D eigenvalue weighted by molar-refractivity contribution is 0.480. The molecule has 0 unspecified atom stereocenters. The molecule has 326 valence electrons. The standard InChI is InChI=1S/C60H42N4O4/c1-59(2,48-17-30-54(31-18-48)67-56-25-12-43(38-61)44(36-56)39-62)46-13-26-52(27-14-46)65-50-21-8-41(9-22-50)6-7-42-10-23-51(24-11-42)66-53-28-15-47(16-29-53)60(3,4)49-19-32-55(33-20-49)68-57-34-35-58(64-5)45(37-57)40-63/h8-37H,1-4H3. The molecule has 0 aromatic heterocycles. The highest BCUT2D eigenvalue weighted by Crippen LogP contribution is 2.37. The van der Waals surface area contributed by atoms with Crippen LogP contribution in [0.15, 0.2) is 182 Å². The Bertz CT molecular complexity index is 3110. The van der Waals surface area contributed by atoms with Gasteiger partial charge in [-0.1, -0.05) is 94.1 Å². The molecule has 0 N–H and O–H groups in total. The summed E-state index contributed by atoms with van der Waals surface area (Å²) in [6.45, 7) is 15.9. The molecule has 0 saturated heterocycles. The number of ether oxygens (including phenoxy) is 4. The van der Waals surface area contributed by atoms with E-state index in [9.17, 15) is 15.8 Å². The van der Waals surface area contributed by atoms with Crippen molar-refractivity contribution in [1.29, 1.82) is 15.8 Å². The first-order valence-corrected chi connectivity index (χ1v) is 21.7. The zero-order valence-electron chi connectivity index (χ0n) is 37.7. The van der Waals surface area contributed by atoms with Crippen LogP contribution in [-0.4, -0.2) is 0 Å². The first kappa shape index (κ1) is 45.1. The molecule has 8 aromatic carbocycles. The fourth-order valence-corrected chi connectivity index (χ4v) is 7.54. The van der Waals surface area contributed by atoms with Crippen LogP contribution in [0, 0.1) is 52.4 Å². The van der Waals surface area contributed by atoms with Gasteiger partial charge in [-0.15, -0.1) is 0 Å². The highest BCUT2D eigenvalue weighted by atomic mass is 16.5. The van der Waals surface area contributed by atoms with Gasteiger partial charge in [0, 0.05) is 22.0 Å². The van der Waals surface area contributed by atoms with Crippen LogP contribution >= 0.6 is 0 Å². The van der Waals surface area contributed by atoms with E-state index in [2.05, 4.69) is 68.6 Å². The van der Waals surface area contributed by atoms with E-state index in [1.165, 1.54) is 0 Å². The molecule has 0 spiro atoms. The Hall–Kier alpha value is -9.52. The lowest BCUT2D eigenvalue weighted by Gasteiger charge is -2.26. The van der Waals surface area contributed by atoms with Gasteiger partial charge in [0.05, 0.1) is 29.3 Å². The summed E-state index contributed by atoms with van der Waals surface area (Å²) in [5, 5.41) is 27.9. The van der Waals surface area contributed by atoms with Gasteiger partial charge in [-0.2, -0.15) is 15.8 Å². The van der Waals surface area contributed by atoms with Crippen LogP contribution in [0.5, 0.6) is 46.0 Å². The average molecular weight is 883 g/mol. The van der Waals surface area contributed by atoms with E-state index >= 15 is 0 Å². The topological polar surface area (TPSA) is 113 Å². The summed E-state index contributed by atoms with van der Waals surface area (Å²) in [5.74, 6) is 11.6. The maximum absolute atomic E-state index is 9.35.